The van der Waals surface area contributed by atoms with E-state index in [0.717, 1.165) is 39.0 Å². The minimum atomic E-state index is 0.343. The zero-order valence-electron chi connectivity index (χ0n) is 17.6. The van der Waals surface area contributed by atoms with Crippen LogP contribution in [0.25, 0.3) is 0 Å². The summed E-state index contributed by atoms with van der Waals surface area (Å²) in [7, 11) is 2.21. The topological polar surface area (TPSA) is 28.2 Å². The van der Waals surface area contributed by atoms with Crippen molar-refractivity contribution >= 4 is 0 Å². The van der Waals surface area contributed by atoms with Crippen molar-refractivity contribution in [2.75, 3.05) is 72.6 Å². The molecule has 0 N–H and O–H groups in total. The van der Waals surface area contributed by atoms with Gasteiger partial charge >= 0.3 is 0 Å². The SMILES string of the molecule is CC(CCC(C)OCCN1CCCCC1)OCCCN1CCN(C)CC1. The Labute approximate surface area is 162 Å². The molecular weight excluding hydrogens is 326 g/mol. The Bertz CT molecular complexity index is 342. The summed E-state index contributed by atoms with van der Waals surface area (Å²) in [5, 5.41) is 0. The van der Waals surface area contributed by atoms with Crippen LogP contribution in [0.15, 0.2) is 0 Å². The number of likely N-dealkylation sites (tertiary alicyclic amines) is 1. The van der Waals surface area contributed by atoms with Gasteiger partial charge in [-0.15, -0.1) is 0 Å². The average Bonchev–Trinajstić information content (AvgIpc) is 2.66. The molecule has 0 aromatic heterocycles. The molecule has 154 valence electrons. The second-order valence-corrected chi connectivity index (χ2v) is 8.34. The van der Waals surface area contributed by atoms with E-state index >= 15 is 0 Å². The van der Waals surface area contributed by atoms with Crippen LogP contribution in [-0.4, -0.2) is 99.5 Å². The second kappa shape index (κ2) is 13.1. The first-order valence-electron chi connectivity index (χ1n) is 11.0. The molecule has 2 aliphatic heterocycles. The minimum absolute atomic E-state index is 0.343. The predicted molar refractivity (Wildman–Crippen MR) is 109 cm³/mol. The zero-order valence-corrected chi connectivity index (χ0v) is 17.6. The van der Waals surface area contributed by atoms with E-state index in [-0.39, 0.29) is 0 Å². The molecule has 0 spiro atoms. The van der Waals surface area contributed by atoms with Gasteiger partial charge in [-0.25, -0.2) is 0 Å². The van der Waals surface area contributed by atoms with E-state index in [1.165, 1.54) is 65.1 Å². The van der Waals surface area contributed by atoms with Crippen LogP contribution in [0.4, 0.5) is 0 Å². The number of ether oxygens (including phenoxy) is 2. The van der Waals surface area contributed by atoms with Crippen molar-refractivity contribution in [1.82, 2.24) is 14.7 Å². The van der Waals surface area contributed by atoms with Crippen LogP contribution in [0.3, 0.4) is 0 Å². The number of piperazine rings is 1. The number of hydrogen-bond donors (Lipinski definition) is 0. The first-order chi connectivity index (χ1) is 12.6. The molecule has 26 heavy (non-hydrogen) atoms. The molecule has 2 saturated heterocycles. The summed E-state index contributed by atoms with van der Waals surface area (Å²) in [5.41, 5.74) is 0. The van der Waals surface area contributed by atoms with Crippen molar-refractivity contribution in [3.8, 4) is 0 Å². The second-order valence-electron chi connectivity index (χ2n) is 8.34. The normalized spacial score (nSPS) is 23.2. The molecule has 0 saturated carbocycles. The minimum Gasteiger partial charge on any atom is -0.378 e. The fourth-order valence-electron chi connectivity index (χ4n) is 3.85. The van der Waals surface area contributed by atoms with Gasteiger partial charge in [-0.05, 0) is 66.1 Å². The number of hydrogen-bond acceptors (Lipinski definition) is 5. The van der Waals surface area contributed by atoms with Crippen LogP contribution in [0.2, 0.25) is 0 Å². The van der Waals surface area contributed by atoms with Crippen LogP contribution < -0.4 is 0 Å². The van der Waals surface area contributed by atoms with Crippen molar-refractivity contribution in [1.29, 1.82) is 0 Å². The maximum absolute atomic E-state index is 6.00. The fourth-order valence-corrected chi connectivity index (χ4v) is 3.85. The summed E-state index contributed by atoms with van der Waals surface area (Å²) in [6, 6.07) is 0. The highest BCUT2D eigenvalue weighted by atomic mass is 16.5. The molecule has 0 aliphatic carbocycles. The van der Waals surface area contributed by atoms with Crippen LogP contribution in [-0.2, 0) is 9.47 Å². The molecule has 0 aromatic rings. The summed E-state index contributed by atoms with van der Waals surface area (Å²) in [6.07, 6.45) is 8.15. The molecule has 2 atom stereocenters. The average molecular weight is 370 g/mol. The van der Waals surface area contributed by atoms with Gasteiger partial charge in [0.1, 0.15) is 0 Å². The molecule has 0 radical (unpaired) electrons. The number of nitrogens with zero attached hydrogens (tertiary/aromatic N) is 3. The van der Waals surface area contributed by atoms with Gasteiger partial charge in [0, 0.05) is 45.9 Å². The lowest BCUT2D eigenvalue weighted by Gasteiger charge is -2.32. The summed E-state index contributed by atoms with van der Waals surface area (Å²) in [5.74, 6) is 0. The summed E-state index contributed by atoms with van der Waals surface area (Å²) >= 11 is 0. The molecule has 5 heteroatoms. The van der Waals surface area contributed by atoms with Crippen molar-refractivity contribution in [3.63, 3.8) is 0 Å². The largest absolute Gasteiger partial charge is 0.378 e. The Kier molecular flexibility index (Phi) is 11.1. The highest BCUT2D eigenvalue weighted by Crippen LogP contribution is 2.10. The van der Waals surface area contributed by atoms with Gasteiger partial charge in [0.25, 0.3) is 0 Å². The van der Waals surface area contributed by atoms with Gasteiger partial charge in [0.15, 0.2) is 0 Å². The molecule has 2 rings (SSSR count). The van der Waals surface area contributed by atoms with E-state index in [4.69, 9.17) is 9.47 Å². The van der Waals surface area contributed by atoms with Crippen LogP contribution in [0.1, 0.15) is 52.4 Å². The van der Waals surface area contributed by atoms with Crippen molar-refractivity contribution < 1.29 is 9.47 Å². The molecule has 2 heterocycles. The third-order valence-corrected chi connectivity index (χ3v) is 5.86. The molecule has 2 unspecified atom stereocenters. The van der Waals surface area contributed by atoms with E-state index in [0.29, 0.717) is 12.2 Å². The zero-order chi connectivity index (χ0) is 18.6. The molecule has 2 fully saturated rings. The fraction of sp³-hybridized carbons (Fsp3) is 1.00. The maximum atomic E-state index is 6.00. The quantitative estimate of drug-likeness (QED) is 0.493. The molecular formula is C21H43N3O2. The van der Waals surface area contributed by atoms with Gasteiger partial charge in [-0.3, -0.25) is 0 Å². The number of rotatable bonds is 12. The summed E-state index contributed by atoms with van der Waals surface area (Å²) < 4.78 is 12.0. The third kappa shape index (κ3) is 9.65. The molecule has 0 bridgehead atoms. The van der Waals surface area contributed by atoms with Gasteiger partial charge in [-0.2, -0.15) is 0 Å². The lowest BCUT2D eigenvalue weighted by molar-refractivity contribution is 0.0141. The Morgan fingerprint density at radius 1 is 0.692 bits per heavy atom. The van der Waals surface area contributed by atoms with Gasteiger partial charge in [0.05, 0.1) is 18.8 Å². The molecule has 0 aromatic carbocycles. The Morgan fingerprint density at radius 3 is 1.92 bits per heavy atom. The third-order valence-electron chi connectivity index (χ3n) is 5.86. The molecule has 5 nitrogen and oxygen atoms in total. The van der Waals surface area contributed by atoms with E-state index < -0.39 is 0 Å². The lowest BCUT2D eigenvalue weighted by Crippen LogP contribution is -2.44. The molecule has 0 amide bonds. The molecule has 2 aliphatic rings. The predicted octanol–water partition coefficient (Wildman–Crippen LogP) is 2.70. The Morgan fingerprint density at radius 2 is 1.27 bits per heavy atom. The highest BCUT2D eigenvalue weighted by molar-refractivity contribution is 4.69. The maximum Gasteiger partial charge on any atom is 0.0597 e. The van der Waals surface area contributed by atoms with E-state index in [9.17, 15) is 0 Å². The van der Waals surface area contributed by atoms with Crippen molar-refractivity contribution in [2.45, 2.75) is 64.6 Å². The summed E-state index contributed by atoms with van der Waals surface area (Å²) in [6.45, 7) is 15.8. The smallest absolute Gasteiger partial charge is 0.0597 e. The van der Waals surface area contributed by atoms with Crippen molar-refractivity contribution in [2.24, 2.45) is 0 Å². The van der Waals surface area contributed by atoms with E-state index in [2.05, 4.69) is 35.6 Å². The van der Waals surface area contributed by atoms with Gasteiger partial charge < -0.3 is 24.2 Å². The summed E-state index contributed by atoms with van der Waals surface area (Å²) in [4.78, 5) is 7.51. The first kappa shape index (κ1) is 22.1. The standard InChI is InChI=1S/C21H43N3O2/c1-20(25-18-7-12-24-15-13-22(3)14-16-24)8-9-21(2)26-19-17-23-10-5-4-6-11-23/h20-21H,4-19H2,1-3H3. The Balaban J connectivity index is 1.40. The van der Waals surface area contributed by atoms with E-state index in [1.54, 1.807) is 0 Å². The van der Waals surface area contributed by atoms with Crippen molar-refractivity contribution in [3.05, 3.63) is 0 Å². The monoisotopic (exact) mass is 369 g/mol. The number of piperidine rings is 1. The Hall–Kier alpha value is -0.200. The van der Waals surface area contributed by atoms with Crippen LogP contribution in [0, 0.1) is 0 Å². The lowest BCUT2D eigenvalue weighted by atomic mass is 10.1. The number of likely N-dealkylation sites (N-methyl/N-ethyl adjacent to an activating group) is 1. The van der Waals surface area contributed by atoms with Gasteiger partial charge in [-0.1, -0.05) is 6.42 Å². The highest BCUT2D eigenvalue weighted by Gasteiger charge is 2.14. The van der Waals surface area contributed by atoms with Crippen LogP contribution >= 0.6 is 0 Å². The van der Waals surface area contributed by atoms with Crippen LogP contribution in [0.5, 0.6) is 0 Å². The van der Waals surface area contributed by atoms with E-state index in [1.807, 2.05) is 0 Å². The first-order valence-corrected chi connectivity index (χ1v) is 11.0. The van der Waals surface area contributed by atoms with Gasteiger partial charge in [0.2, 0.25) is 0 Å².